The molecular formula is C12H22N2O6. The summed E-state index contributed by atoms with van der Waals surface area (Å²) in [6, 6.07) is -1.73. The number of carboxylic acids is 1. The lowest BCUT2D eigenvalue weighted by Gasteiger charge is -2.35. The molecule has 0 spiro atoms. The van der Waals surface area contributed by atoms with Crippen LogP contribution in [0.1, 0.15) is 19.3 Å². The van der Waals surface area contributed by atoms with Gasteiger partial charge in [-0.1, -0.05) is 0 Å². The van der Waals surface area contributed by atoms with Gasteiger partial charge in [0.05, 0.1) is 12.1 Å². The molecule has 116 valence electrons. The van der Waals surface area contributed by atoms with E-state index >= 15 is 0 Å². The van der Waals surface area contributed by atoms with Crippen LogP contribution in [0.5, 0.6) is 0 Å². The molecule has 1 fully saturated rings. The predicted octanol–water partition coefficient (Wildman–Crippen LogP) is -0.995. The number of ether oxygens (including phenoxy) is 1. The van der Waals surface area contributed by atoms with Crippen molar-refractivity contribution in [3.8, 4) is 0 Å². The highest BCUT2D eigenvalue weighted by molar-refractivity contribution is 5.82. The van der Waals surface area contributed by atoms with Gasteiger partial charge in [0.15, 0.2) is 0 Å². The van der Waals surface area contributed by atoms with Crippen LogP contribution in [0.2, 0.25) is 0 Å². The number of urea groups is 1. The van der Waals surface area contributed by atoms with Gasteiger partial charge >= 0.3 is 12.0 Å². The topological polar surface area (TPSA) is 119 Å². The molecule has 20 heavy (non-hydrogen) atoms. The lowest BCUT2D eigenvalue weighted by Crippen LogP contribution is -2.52. The van der Waals surface area contributed by atoms with E-state index in [1.165, 1.54) is 11.9 Å². The van der Waals surface area contributed by atoms with Crippen molar-refractivity contribution < 1.29 is 29.6 Å². The molecule has 1 aliphatic rings. The smallest absolute Gasteiger partial charge is 0.326 e. The van der Waals surface area contributed by atoms with E-state index in [0.717, 1.165) is 0 Å². The Morgan fingerprint density at radius 1 is 1.40 bits per heavy atom. The van der Waals surface area contributed by atoms with Crippen LogP contribution in [-0.4, -0.2) is 77.3 Å². The number of likely N-dealkylation sites (N-methyl/N-ethyl adjacent to an activating group) is 1. The first-order chi connectivity index (χ1) is 9.38. The van der Waals surface area contributed by atoms with Crippen molar-refractivity contribution in [2.24, 2.45) is 0 Å². The third kappa shape index (κ3) is 4.95. The van der Waals surface area contributed by atoms with Crippen LogP contribution in [0.3, 0.4) is 0 Å². The SMILES string of the molecule is CN(CC1(O)CCOCC1)C(=O)N[C@H](CCO)C(=O)O. The van der Waals surface area contributed by atoms with Crippen LogP contribution in [0.15, 0.2) is 0 Å². The molecule has 0 aliphatic carbocycles. The molecule has 1 atom stereocenters. The molecular weight excluding hydrogens is 268 g/mol. The molecule has 8 heteroatoms. The van der Waals surface area contributed by atoms with E-state index in [4.69, 9.17) is 14.9 Å². The third-order valence-electron chi connectivity index (χ3n) is 3.32. The Morgan fingerprint density at radius 2 is 2.00 bits per heavy atom. The van der Waals surface area contributed by atoms with E-state index in [2.05, 4.69) is 5.32 Å². The Morgan fingerprint density at radius 3 is 2.50 bits per heavy atom. The fraction of sp³-hybridized carbons (Fsp3) is 0.833. The molecule has 0 radical (unpaired) electrons. The number of nitrogens with one attached hydrogen (secondary N) is 1. The maximum Gasteiger partial charge on any atom is 0.326 e. The zero-order valence-corrected chi connectivity index (χ0v) is 11.5. The summed E-state index contributed by atoms with van der Waals surface area (Å²) in [7, 11) is 1.49. The highest BCUT2D eigenvalue weighted by atomic mass is 16.5. The summed E-state index contributed by atoms with van der Waals surface area (Å²) in [6.07, 6.45) is 0.806. The van der Waals surface area contributed by atoms with Crippen molar-refractivity contribution in [3.05, 3.63) is 0 Å². The van der Waals surface area contributed by atoms with Crippen molar-refractivity contribution in [2.45, 2.75) is 30.9 Å². The molecule has 0 aromatic rings. The average Bonchev–Trinajstić information content (AvgIpc) is 2.38. The molecule has 0 bridgehead atoms. The summed E-state index contributed by atoms with van der Waals surface area (Å²) in [5.74, 6) is -1.20. The molecule has 1 saturated heterocycles. The largest absolute Gasteiger partial charge is 0.480 e. The predicted molar refractivity (Wildman–Crippen MR) is 69.3 cm³/mol. The van der Waals surface area contributed by atoms with Crippen molar-refractivity contribution in [1.29, 1.82) is 0 Å². The summed E-state index contributed by atoms with van der Waals surface area (Å²) in [6.45, 7) is 0.651. The Bertz CT molecular complexity index is 343. The van der Waals surface area contributed by atoms with Gasteiger partial charge in [0, 0.05) is 46.1 Å². The molecule has 1 rings (SSSR count). The van der Waals surface area contributed by atoms with Gasteiger partial charge in [-0.15, -0.1) is 0 Å². The van der Waals surface area contributed by atoms with Crippen LogP contribution in [0.4, 0.5) is 4.79 Å². The summed E-state index contributed by atoms with van der Waals surface area (Å²) >= 11 is 0. The Hall–Kier alpha value is -1.38. The van der Waals surface area contributed by atoms with Crippen molar-refractivity contribution in [3.63, 3.8) is 0 Å². The second-order valence-electron chi connectivity index (χ2n) is 5.05. The number of amides is 2. The first-order valence-corrected chi connectivity index (χ1v) is 6.53. The second-order valence-corrected chi connectivity index (χ2v) is 5.05. The van der Waals surface area contributed by atoms with E-state index in [-0.39, 0.29) is 19.6 Å². The van der Waals surface area contributed by atoms with Crippen LogP contribution < -0.4 is 5.32 Å². The number of carboxylic acid groups (broad SMARTS) is 1. The van der Waals surface area contributed by atoms with Crippen LogP contribution in [-0.2, 0) is 9.53 Å². The van der Waals surface area contributed by atoms with E-state index in [1.807, 2.05) is 0 Å². The van der Waals surface area contributed by atoms with E-state index in [9.17, 15) is 14.7 Å². The summed E-state index contributed by atoms with van der Waals surface area (Å²) in [5.41, 5.74) is -1.000. The molecule has 0 unspecified atom stereocenters. The Labute approximate surface area is 117 Å². The first kappa shape index (κ1) is 16.7. The van der Waals surface area contributed by atoms with Gasteiger partial charge in [-0.25, -0.2) is 9.59 Å². The molecule has 0 aromatic heterocycles. The monoisotopic (exact) mass is 290 g/mol. The molecule has 0 saturated carbocycles. The van der Waals surface area contributed by atoms with Gasteiger partial charge in [0.1, 0.15) is 6.04 Å². The number of hydrogen-bond donors (Lipinski definition) is 4. The van der Waals surface area contributed by atoms with Gasteiger partial charge in [-0.2, -0.15) is 0 Å². The van der Waals surface area contributed by atoms with E-state index in [0.29, 0.717) is 26.1 Å². The molecule has 2 amide bonds. The fourth-order valence-electron chi connectivity index (χ4n) is 2.07. The van der Waals surface area contributed by atoms with Crippen molar-refractivity contribution in [2.75, 3.05) is 33.4 Å². The number of aliphatic carboxylic acids is 1. The standard InChI is InChI=1S/C12H22N2O6/c1-14(8-12(19)3-6-20-7-4-12)11(18)13-9(2-5-15)10(16)17/h9,15,19H,2-8H2,1H3,(H,13,18)(H,16,17)/t9-/m1/s1. The second kappa shape index (κ2) is 7.41. The number of carbonyl (C=O) groups excluding carboxylic acids is 1. The van der Waals surface area contributed by atoms with Gasteiger partial charge in [0.2, 0.25) is 0 Å². The summed E-state index contributed by atoms with van der Waals surface area (Å²) in [5, 5.41) is 30.2. The maximum absolute atomic E-state index is 11.9. The minimum Gasteiger partial charge on any atom is -0.480 e. The number of carbonyl (C=O) groups is 2. The zero-order valence-electron chi connectivity index (χ0n) is 11.5. The van der Waals surface area contributed by atoms with Crippen LogP contribution in [0, 0.1) is 0 Å². The zero-order chi connectivity index (χ0) is 15.2. The third-order valence-corrected chi connectivity index (χ3v) is 3.32. The molecule has 4 N–H and O–H groups in total. The number of aliphatic hydroxyl groups excluding tert-OH is 1. The highest BCUT2D eigenvalue weighted by Gasteiger charge is 2.33. The van der Waals surface area contributed by atoms with Crippen molar-refractivity contribution >= 4 is 12.0 Å². The minimum absolute atomic E-state index is 0.0625. The molecule has 0 aromatic carbocycles. The first-order valence-electron chi connectivity index (χ1n) is 6.53. The fourth-order valence-corrected chi connectivity index (χ4v) is 2.07. The lowest BCUT2D eigenvalue weighted by atomic mass is 9.94. The number of hydrogen-bond acceptors (Lipinski definition) is 5. The van der Waals surface area contributed by atoms with Gasteiger partial charge in [0.25, 0.3) is 0 Å². The quantitative estimate of drug-likeness (QED) is 0.498. The number of nitrogens with zero attached hydrogens (tertiary/aromatic N) is 1. The lowest BCUT2D eigenvalue weighted by molar-refractivity contribution is -0.139. The number of aliphatic hydroxyl groups is 2. The van der Waals surface area contributed by atoms with E-state index in [1.54, 1.807) is 0 Å². The molecule has 1 aliphatic heterocycles. The van der Waals surface area contributed by atoms with Crippen LogP contribution >= 0.6 is 0 Å². The number of rotatable bonds is 6. The molecule has 8 nitrogen and oxygen atoms in total. The maximum atomic E-state index is 11.9. The van der Waals surface area contributed by atoms with Gasteiger partial charge in [-0.3, -0.25) is 0 Å². The highest BCUT2D eigenvalue weighted by Crippen LogP contribution is 2.21. The summed E-state index contributed by atoms with van der Waals surface area (Å²) in [4.78, 5) is 24.0. The average molecular weight is 290 g/mol. The Kier molecular flexibility index (Phi) is 6.18. The minimum atomic E-state index is -1.20. The normalized spacial score (nSPS) is 19.1. The van der Waals surface area contributed by atoms with Gasteiger partial charge < -0.3 is 30.3 Å². The molecule has 1 heterocycles. The van der Waals surface area contributed by atoms with Crippen LogP contribution in [0.25, 0.3) is 0 Å². The Balaban J connectivity index is 2.51. The van der Waals surface area contributed by atoms with Gasteiger partial charge in [-0.05, 0) is 0 Å². The van der Waals surface area contributed by atoms with Crippen molar-refractivity contribution in [1.82, 2.24) is 10.2 Å². The van der Waals surface area contributed by atoms with E-state index < -0.39 is 23.6 Å². The summed E-state index contributed by atoms with van der Waals surface area (Å²) < 4.78 is 5.15.